The van der Waals surface area contributed by atoms with Crippen LogP contribution in [0.25, 0.3) is 28.6 Å². The summed E-state index contributed by atoms with van der Waals surface area (Å²) >= 11 is 6.69. The Labute approximate surface area is 274 Å². The number of benzene rings is 2. The number of anilines is 1. The molecule has 0 amide bonds. The number of nitrogens with one attached hydrogen (secondary N) is 1. The van der Waals surface area contributed by atoms with Gasteiger partial charge in [-0.1, -0.05) is 61.5 Å². The lowest BCUT2D eigenvalue weighted by Gasteiger charge is -2.26. The van der Waals surface area contributed by atoms with Crippen LogP contribution in [-0.4, -0.2) is 39.8 Å². The van der Waals surface area contributed by atoms with Crippen LogP contribution in [0.15, 0.2) is 63.4 Å². The van der Waals surface area contributed by atoms with Gasteiger partial charge in [0, 0.05) is 58.9 Å². The largest absolute Gasteiger partial charge is 0.416 e. The maximum atomic E-state index is 15.2. The van der Waals surface area contributed by atoms with Crippen molar-refractivity contribution in [1.82, 2.24) is 14.7 Å². The minimum Gasteiger partial charge on any atom is -0.381 e. The summed E-state index contributed by atoms with van der Waals surface area (Å²) in [7, 11) is 0. The first kappa shape index (κ1) is 34.1. The Hall–Kier alpha value is -4.29. The Bertz CT molecular complexity index is 1860. The third-order valence-corrected chi connectivity index (χ3v) is 8.48. The number of aliphatic imine (C=N–C) groups is 1. The first-order valence-corrected chi connectivity index (χ1v) is 15.6. The number of hydrogen-bond acceptors (Lipinski definition) is 6. The average Bonchev–Trinajstić information content (AvgIpc) is 3.49. The van der Waals surface area contributed by atoms with Gasteiger partial charge in [-0.2, -0.15) is 18.2 Å². The number of aromatic nitrogens is 3. The van der Waals surface area contributed by atoms with Crippen LogP contribution >= 0.6 is 11.6 Å². The van der Waals surface area contributed by atoms with E-state index in [-0.39, 0.29) is 28.4 Å². The summed E-state index contributed by atoms with van der Waals surface area (Å²) in [4.78, 5) is 23.5. The third kappa shape index (κ3) is 7.49. The fourth-order valence-electron chi connectivity index (χ4n) is 5.37. The van der Waals surface area contributed by atoms with E-state index >= 15 is 4.39 Å². The highest BCUT2D eigenvalue weighted by Crippen LogP contribution is 2.36. The molecule has 5 rings (SSSR count). The van der Waals surface area contributed by atoms with Crippen molar-refractivity contribution < 1.29 is 26.8 Å². The molecule has 8 nitrogen and oxygen atoms in total. The van der Waals surface area contributed by atoms with Crippen LogP contribution in [0.4, 0.5) is 23.4 Å². The predicted octanol–water partition coefficient (Wildman–Crippen LogP) is 8.41. The Balaban J connectivity index is 1.71. The molecule has 2 aromatic heterocycles. The van der Waals surface area contributed by atoms with Crippen LogP contribution in [0.2, 0.25) is 5.02 Å². The molecule has 47 heavy (non-hydrogen) atoms. The van der Waals surface area contributed by atoms with E-state index in [1.165, 1.54) is 6.08 Å². The number of alkyl halides is 3. The number of pyridine rings is 1. The second-order valence-corrected chi connectivity index (χ2v) is 11.8. The molecule has 2 aromatic carbocycles. The number of amidine groups is 1. The standard InChI is InChI=1S/C34H34ClF4N5O3/c1-5-19(3)30(41-23-12-14-46-15-13-23)42-32-21(6-2)16-25(24-11-10-22(17-28(24)35)31-40-20(4)47-43-31)33(45)44(32)18-26-27(34(37,38)39)8-7-9-29(26)36/h6-11,16-17,19,23H,2,5,12-15,18H2,1,3-4H3,(H,41,42). The van der Waals surface area contributed by atoms with Crippen LogP contribution < -0.4 is 10.9 Å². The van der Waals surface area contributed by atoms with E-state index in [1.807, 2.05) is 13.8 Å². The second-order valence-electron chi connectivity index (χ2n) is 11.3. The Morgan fingerprint density at radius 1 is 1.21 bits per heavy atom. The average molecular weight is 672 g/mol. The van der Waals surface area contributed by atoms with E-state index in [2.05, 4.69) is 22.0 Å². The molecule has 13 heteroatoms. The summed E-state index contributed by atoms with van der Waals surface area (Å²) in [5.41, 5.74) is -1.29. The number of hydrogen-bond donors (Lipinski definition) is 1. The van der Waals surface area contributed by atoms with Crippen molar-refractivity contribution in [2.75, 3.05) is 18.5 Å². The molecule has 0 radical (unpaired) electrons. The van der Waals surface area contributed by atoms with Crippen molar-refractivity contribution in [1.29, 1.82) is 0 Å². The molecular weight excluding hydrogens is 638 g/mol. The fourth-order valence-corrected chi connectivity index (χ4v) is 5.65. The molecule has 1 unspecified atom stereocenters. The highest BCUT2D eigenvalue weighted by atomic mass is 35.5. The Morgan fingerprint density at radius 3 is 2.57 bits per heavy atom. The van der Waals surface area contributed by atoms with Gasteiger partial charge in [0.15, 0.2) is 0 Å². The number of aryl methyl sites for hydroxylation is 1. The van der Waals surface area contributed by atoms with Crippen LogP contribution in [0.5, 0.6) is 0 Å². The lowest BCUT2D eigenvalue weighted by molar-refractivity contribution is -0.138. The molecule has 1 saturated heterocycles. The molecule has 0 aliphatic carbocycles. The van der Waals surface area contributed by atoms with Gasteiger partial charge in [-0.15, -0.1) is 0 Å². The minimum absolute atomic E-state index is 0.0457. The van der Waals surface area contributed by atoms with Crippen molar-refractivity contribution >= 4 is 29.3 Å². The molecule has 248 valence electrons. The highest BCUT2D eigenvalue weighted by molar-refractivity contribution is 6.33. The van der Waals surface area contributed by atoms with E-state index in [9.17, 15) is 18.0 Å². The quantitative estimate of drug-likeness (QED) is 0.109. The fraction of sp³-hybridized carbons (Fsp3) is 0.353. The molecule has 0 bridgehead atoms. The zero-order valence-electron chi connectivity index (χ0n) is 26.1. The van der Waals surface area contributed by atoms with Gasteiger partial charge in [0.1, 0.15) is 17.5 Å². The number of halogens is 5. The summed E-state index contributed by atoms with van der Waals surface area (Å²) < 4.78 is 69.2. The minimum atomic E-state index is -4.87. The summed E-state index contributed by atoms with van der Waals surface area (Å²) in [6.07, 6.45) is -1.31. The van der Waals surface area contributed by atoms with Gasteiger partial charge in [0.2, 0.25) is 11.7 Å². The van der Waals surface area contributed by atoms with Gasteiger partial charge in [0.25, 0.3) is 5.56 Å². The molecule has 1 N–H and O–H groups in total. The SMILES string of the molecule is C=Cc1cc(-c2ccc(-c3noc(C)n3)cc2Cl)c(=O)n(Cc2c(F)cccc2C(F)(F)F)c1NC(=NC1CCOCC1)C(C)CC. The summed E-state index contributed by atoms with van der Waals surface area (Å²) in [6.45, 7) is 9.87. The zero-order valence-corrected chi connectivity index (χ0v) is 26.9. The third-order valence-electron chi connectivity index (χ3n) is 8.16. The molecule has 1 atom stereocenters. The first-order valence-electron chi connectivity index (χ1n) is 15.2. The van der Waals surface area contributed by atoms with Crippen LogP contribution in [0, 0.1) is 18.7 Å². The van der Waals surface area contributed by atoms with Crippen LogP contribution in [-0.2, 0) is 17.5 Å². The van der Waals surface area contributed by atoms with E-state index in [0.29, 0.717) is 66.7 Å². The van der Waals surface area contributed by atoms with E-state index in [4.69, 9.17) is 25.9 Å². The van der Waals surface area contributed by atoms with Gasteiger partial charge in [-0.3, -0.25) is 14.4 Å². The maximum Gasteiger partial charge on any atom is 0.416 e. The molecule has 1 fully saturated rings. The predicted molar refractivity (Wildman–Crippen MR) is 174 cm³/mol. The summed E-state index contributed by atoms with van der Waals surface area (Å²) in [5, 5.41) is 7.32. The Morgan fingerprint density at radius 2 is 1.96 bits per heavy atom. The highest BCUT2D eigenvalue weighted by Gasteiger charge is 2.35. The molecular formula is C34H34ClF4N5O3. The zero-order chi connectivity index (χ0) is 33.9. The molecule has 1 aliphatic heterocycles. The van der Waals surface area contributed by atoms with Crippen molar-refractivity contribution in [3.63, 3.8) is 0 Å². The second kappa shape index (κ2) is 14.2. The number of nitrogens with zero attached hydrogens (tertiary/aromatic N) is 4. The van der Waals surface area contributed by atoms with Gasteiger partial charge in [-0.25, -0.2) is 4.39 Å². The topological polar surface area (TPSA) is 94.5 Å². The first-order chi connectivity index (χ1) is 22.4. The number of ether oxygens (including phenoxy) is 1. The van der Waals surface area contributed by atoms with Crippen molar-refractivity contribution in [3.8, 4) is 22.5 Å². The van der Waals surface area contributed by atoms with E-state index in [1.54, 1.807) is 31.2 Å². The molecule has 3 heterocycles. The molecule has 0 spiro atoms. The van der Waals surface area contributed by atoms with E-state index < -0.39 is 35.2 Å². The molecule has 4 aromatic rings. The van der Waals surface area contributed by atoms with Crippen LogP contribution in [0.3, 0.4) is 0 Å². The summed E-state index contributed by atoms with van der Waals surface area (Å²) in [5.74, 6) is 0.121. The van der Waals surface area contributed by atoms with Gasteiger partial charge < -0.3 is 14.6 Å². The van der Waals surface area contributed by atoms with Crippen molar-refractivity contribution in [2.45, 2.75) is 58.8 Å². The van der Waals surface area contributed by atoms with Crippen molar-refractivity contribution in [3.05, 3.63) is 92.8 Å². The lowest BCUT2D eigenvalue weighted by atomic mass is 10.0. The smallest absolute Gasteiger partial charge is 0.381 e. The van der Waals surface area contributed by atoms with Gasteiger partial charge >= 0.3 is 6.18 Å². The van der Waals surface area contributed by atoms with Crippen molar-refractivity contribution in [2.24, 2.45) is 10.9 Å². The molecule has 0 saturated carbocycles. The van der Waals surface area contributed by atoms with Crippen LogP contribution in [0.1, 0.15) is 55.7 Å². The van der Waals surface area contributed by atoms with Gasteiger partial charge in [0.05, 0.1) is 18.2 Å². The maximum absolute atomic E-state index is 15.2. The normalized spacial score (nSPS) is 15.1. The lowest BCUT2D eigenvalue weighted by Crippen LogP contribution is -2.32. The monoisotopic (exact) mass is 671 g/mol. The van der Waals surface area contributed by atoms with E-state index in [0.717, 1.165) is 22.8 Å². The Kier molecular flexibility index (Phi) is 10.3. The summed E-state index contributed by atoms with van der Waals surface area (Å²) in [6, 6.07) is 9.03. The number of rotatable bonds is 9. The van der Waals surface area contributed by atoms with Gasteiger partial charge in [-0.05, 0) is 43.5 Å². The molecule has 1 aliphatic rings.